The van der Waals surface area contributed by atoms with E-state index in [0.29, 0.717) is 88.0 Å². The molecule has 17 heteroatoms. The van der Waals surface area contributed by atoms with Gasteiger partial charge in [0.15, 0.2) is 5.75 Å². The molecule has 1 N–H and O–H groups in total. The van der Waals surface area contributed by atoms with Gasteiger partial charge in [-0.3, -0.25) is 4.90 Å². The zero-order valence-corrected chi connectivity index (χ0v) is 39.5. The third kappa shape index (κ3) is 9.78. The van der Waals surface area contributed by atoms with E-state index in [1.54, 1.807) is 43.6 Å². The summed E-state index contributed by atoms with van der Waals surface area (Å²) >= 11 is 16.0. The van der Waals surface area contributed by atoms with Crippen molar-refractivity contribution >= 4 is 50.7 Å². The van der Waals surface area contributed by atoms with Gasteiger partial charge < -0.3 is 33.7 Å². The molecule has 3 aliphatic heterocycles. The van der Waals surface area contributed by atoms with Gasteiger partial charge in [-0.2, -0.15) is 0 Å². The molecule has 6 heterocycles. The number of nitrogens with zero attached hydrogens (tertiary/aromatic N) is 6. The lowest BCUT2D eigenvalue weighted by Gasteiger charge is -2.35. The number of aromatic nitrogens is 4. The smallest absolute Gasteiger partial charge is 0.345 e. The molecule has 4 aliphatic rings. The van der Waals surface area contributed by atoms with Gasteiger partial charge in [-0.1, -0.05) is 35.3 Å². The van der Waals surface area contributed by atoms with E-state index in [9.17, 15) is 14.3 Å². The highest BCUT2D eigenvalue weighted by atomic mass is 35.5. The first-order valence-electron chi connectivity index (χ1n) is 22.2. The maximum Gasteiger partial charge on any atom is 0.345 e. The van der Waals surface area contributed by atoms with Crippen LogP contribution in [0.1, 0.15) is 59.8 Å². The van der Waals surface area contributed by atoms with E-state index >= 15 is 0 Å². The van der Waals surface area contributed by atoms with Crippen LogP contribution in [0.15, 0.2) is 61.1 Å². The number of rotatable bonds is 9. The molecule has 1 saturated carbocycles. The summed E-state index contributed by atoms with van der Waals surface area (Å²) in [5, 5.41) is 11.9. The van der Waals surface area contributed by atoms with Crippen LogP contribution in [0.2, 0.25) is 10.0 Å². The molecule has 0 amide bonds. The van der Waals surface area contributed by atoms with Gasteiger partial charge in [0.25, 0.3) is 0 Å². The molecule has 1 aliphatic carbocycles. The van der Waals surface area contributed by atoms with Crippen LogP contribution in [0.5, 0.6) is 23.1 Å². The molecule has 3 aromatic heterocycles. The van der Waals surface area contributed by atoms with E-state index in [1.165, 1.54) is 29.8 Å². The lowest BCUT2D eigenvalue weighted by atomic mass is 9.87. The normalized spacial score (nSPS) is 20.6. The van der Waals surface area contributed by atoms with E-state index in [-0.39, 0.29) is 37.5 Å². The van der Waals surface area contributed by atoms with E-state index in [2.05, 4.69) is 31.8 Å². The fraction of sp³-hybridized carbons (Fsp3) is 0.408. The van der Waals surface area contributed by atoms with Crippen LogP contribution in [0.3, 0.4) is 0 Å². The van der Waals surface area contributed by atoms with Gasteiger partial charge in [0.1, 0.15) is 53.6 Å². The molecule has 6 aromatic rings. The molecule has 10 rings (SSSR count). The first-order chi connectivity index (χ1) is 31.9. The zero-order chi connectivity index (χ0) is 46.1. The number of methoxy groups -OCH3 is 1. The quantitative estimate of drug-likeness (QED) is 0.147. The number of piperazine rings is 1. The molecular weight excluding hydrogens is 907 g/mol. The fourth-order valence-corrected chi connectivity index (χ4v) is 10.8. The largest absolute Gasteiger partial charge is 0.490 e. The number of halogens is 3. The third-order valence-electron chi connectivity index (χ3n) is 12.8. The Morgan fingerprint density at radius 3 is 2.39 bits per heavy atom. The number of fused-ring (bicyclic) bond motifs is 7. The van der Waals surface area contributed by atoms with Crippen LogP contribution in [-0.2, 0) is 22.6 Å². The minimum atomic E-state index is -1.45. The van der Waals surface area contributed by atoms with Gasteiger partial charge in [0.2, 0.25) is 12.0 Å². The van der Waals surface area contributed by atoms with Crippen molar-refractivity contribution in [1.82, 2.24) is 29.7 Å². The summed E-state index contributed by atoms with van der Waals surface area (Å²) in [7, 11) is 3.86. The Morgan fingerprint density at radius 2 is 1.68 bits per heavy atom. The fourth-order valence-electron chi connectivity index (χ4n) is 9.11. The molecule has 13 nitrogen and oxygen atoms in total. The summed E-state index contributed by atoms with van der Waals surface area (Å²) in [6.45, 7) is 8.03. The third-order valence-corrected chi connectivity index (χ3v) is 14.9. The van der Waals surface area contributed by atoms with Crippen LogP contribution in [0.4, 0.5) is 4.39 Å². The Bertz CT molecular complexity index is 2700. The molecule has 3 aromatic carbocycles. The van der Waals surface area contributed by atoms with Crippen molar-refractivity contribution in [1.29, 1.82) is 0 Å². The number of carbonyl (C=O) groups is 1. The Balaban J connectivity index is 1.14. The minimum Gasteiger partial charge on any atom is -0.490 e. The lowest BCUT2D eigenvalue weighted by molar-refractivity contribution is -0.145. The number of likely N-dealkylation sites (N-methyl/N-ethyl adjacent to an activating group) is 1. The van der Waals surface area contributed by atoms with Crippen molar-refractivity contribution in [2.75, 3.05) is 53.5 Å². The van der Waals surface area contributed by atoms with Gasteiger partial charge >= 0.3 is 5.97 Å². The standard InChI is InChI=1S/C49H51Cl2FN6O7S/c1-27-39-28(2)43(51)44(42(27)50)64-36(23-58-19-17-57(3)18-20-58)25-62-35-13-14-37(63-24-33-15-16-53-46(56-33)30-7-11-34(61-4)12-8-30)31(21-35)22-38(49(59)60)65-47-41-40(39)45(66-48(41)55-26-54-47)29-5-9-32(52)10-6-29/h5-6,9-10,13-16,21,26,30,34,36,38H,7-8,11-12,17-20,22-25H2,1-4H3,(H,59,60)/t30-,34+,36-,38-/m1/s1. The zero-order valence-electron chi connectivity index (χ0n) is 37.2. The average Bonchev–Trinajstić information content (AvgIpc) is 3.71. The van der Waals surface area contributed by atoms with E-state index in [1.807, 2.05) is 19.9 Å². The van der Waals surface area contributed by atoms with Crippen molar-refractivity contribution in [3.8, 4) is 44.7 Å². The SMILES string of the molecule is CO[C@H]1CC[C@@H](c2nccc(COc3ccc4cc3C[C@H](C(=O)O)Oc3ncnc5sc(-c6ccc(F)cc6)c(c35)-c3c(C)c(Cl)c(c(Cl)c3C)O[C@H](CN3CCN(C)CC3)CO4)n2)CC1. The van der Waals surface area contributed by atoms with E-state index < -0.39 is 24.0 Å². The van der Waals surface area contributed by atoms with Gasteiger partial charge in [-0.15, -0.1) is 11.3 Å². The molecule has 1 saturated heterocycles. The Morgan fingerprint density at radius 1 is 0.939 bits per heavy atom. The van der Waals surface area contributed by atoms with Crippen LogP contribution in [-0.4, -0.2) is 113 Å². The number of ether oxygens (including phenoxy) is 5. The van der Waals surface area contributed by atoms with Gasteiger partial charge in [0, 0.05) is 74.4 Å². The lowest BCUT2D eigenvalue weighted by Crippen LogP contribution is -2.49. The number of aliphatic carboxylic acids is 1. The van der Waals surface area contributed by atoms with Crippen molar-refractivity contribution in [2.45, 2.75) is 76.8 Å². The highest BCUT2D eigenvalue weighted by Gasteiger charge is 2.32. The molecule has 4 bridgehead atoms. The predicted octanol–water partition coefficient (Wildman–Crippen LogP) is 9.59. The van der Waals surface area contributed by atoms with Crippen molar-refractivity contribution in [3.63, 3.8) is 0 Å². The molecule has 346 valence electrons. The van der Waals surface area contributed by atoms with Gasteiger partial charge in [-0.05, 0) is 105 Å². The number of carboxylic acid groups (broad SMARTS) is 1. The second kappa shape index (κ2) is 20.0. The van der Waals surface area contributed by atoms with Gasteiger partial charge in [-0.25, -0.2) is 29.1 Å². The van der Waals surface area contributed by atoms with Crippen LogP contribution in [0.25, 0.3) is 31.8 Å². The molecule has 2 fully saturated rings. The second-order valence-electron chi connectivity index (χ2n) is 17.2. The molecule has 66 heavy (non-hydrogen) atoms. The minimum absolute atomic E-state index is 0.0397. The van der Waals surface area contributed by atoms with Crippen LogP contribution >= 0.6 is 34.5 Å². The predicted molar refractivity (Wildman–Crippen MR) is 252 cm³/mol. The molecule has 0 unspecified atom stereocenters. The summed E-state index contributed by atoms with van der Waals surface area (Å²) in [6.07, 6.45) is 5.05. The Hall–Kier alpha value is -5.16. The highest BCUT2D eigenvalue weighted by Crippen LogP contribution is 2.53. The van der Waals surface area contributed by atoms with Crippen molar-refractivity contribution < 1.29 is 38.0 Å². The topological polar surface area (TPSA) is 141 Å². The number of hydrogen-bond donors (Lipinski definition) is 1. The summed E-state index contributed by atoms with van der Waals surface area (Å²) in [6, 6.07) is 13.3. The van der Waals surface area contributed by atoms with Crippen molar-refractivity contribution in [2.24, 2.45) is 0 Å². The molecule has 2 atom stereocenters. The summed E-state index contributed by atoms with van der Waals surface area (Å²) in [5.74, 6) is 0.668. The second-order valence-corrected chi connectivity index (χ2v) is 19.0. The van der Waals surface area contributed by atoms with Gasteiger partial charge in [0.05, 0.1) is 27.2 Å². The maximum absolute atomic E-state index is 14.4. The number of hydrogen-bond acceptors (Lipinski definition) is 13. The van der Waals surface area contributed by atoms with Crippen molar-refractivity contribution in [3.05, 3.63) is 105 Å². The summed E-state index contributed by atoms with van der Waals surface area (Å²) in [5.41, 5.74) is 4.53. The number of carboxylic acids is 1. The van der Waals surface area contributed by atoms with E-state index in [0.717, 1.165) is 57.7 Å². The maximum atomic E-state index is 14.4. The Kier molecular flexibility index (Phi) is 13.9. The average molecular weight is 958 g/mol. The molecule has 0 spiro atoms. The Labute approximate surface area is 396 Å². The first-order valence-corrected chi connectivity index (χ1v) is 23.7. The summed E-state index contributed by atoms with van der Waals surface area (Å²) in [4.78, 5) is 37.9. The molecule has 0 radical (unpaired) electrons. The monoisotopic (exact) mass is 956 g/mol. The number of thiophene rings is 1. The van der Waals surface area contributed by atoms with Crippen LogP contribution in [0, 0.1) is 19.7 Å². The molecular formula is C49H51Cl2FN6O7S. The number of benzene rings is 3. The highest BCUT2D eigenvalue weighted by molar-refractivity contribution is 7.22. The van der Waals surface area contributed by atoms with Crippen LogP contribution < -0.4 is 18.9 Å². The first kappa shape index (κ1) is 46.0. The van der Waals surface area contributed by atoms with E-state index in [4.69, 9.17) is 51.9 Å². The summed E-state index contributed by atoms with van der Waals surface area (Å²) < 4.78 is 46.3.